The summed E-state index contributed by atoms with van der Waals surface area (Å²) in [6.07, 6.45) is 14.5. The third-order valence-corrected chi connectivity index (χ3v) is 11.1. The Bertz CT molecular complexity index is 751. The average molecular weight is 409 g/mol. The van der Waals surface area contributed by atoms with E-state index in [4.69, 9.17) is 0 Å². The third-order valence-electron chi connectivity index (χ3n) is 11.1. The maximum Gasteiger partial charge on any atom is -0.0149 e. The van der Waals surface area contributed by atoms with Crippen molar-refractivity contribution < 1.29 is 0 Å². The molecular formula is C30H48. The van der Waals surface area contributed by atoms with Crippen LogP contribution in [0.5, 0.6) is 0 Å². The molecule has 5 fully saturated rings. The normalized spacial score (nSPS) is 42.3. The van der Waals surface area contributed by atoms with Gasteiger partial charge in [-0.2, -0.15) is 0 Å². The van der Waals surface area contributed by atoms with E-state index < -0.39 is 0 Å². The second-order valence-corrected chi connectivity index (χ2v) is 13.5. The Labute approximate surface area is 187 Å². The van der Waals surface area contributed by atoms with Crippen LogP contribution in [-0.2, 0) is 0 Å². The van der Waals surface area contributed by atoms with Crippen LogP contribution >= 0.6 is 0 Å². The van der Waals surface area contributed by atoms with Crippen LogP contribution in [0.25, 0.3) is 0 Å². The van der Waals surface area contributed by atoms with Gasteiger partial charge >= 0.3 is 0 Å². The maximum absolute atomic E-state index is 4.13. The van der Waals surface area contributed by atoms with Crippen LogP contribution in [0.15, 0.2) is 35.5 Å². The first-order chi connectivity index (χ1) is 13.9. The molecule has 0 aromatic carbocycles. The Kier molecular flexibility index (Phi) is 5.52. The fourth-order valence-corrected chi connectivity index (χ4v) is 7.88. The molecule has 0 saturated heterocycles. The minimum atomic E-state index is 0.606. The predicted octanol–water partition coefficient (Wildman–Crippen LogP) is 9.00. The number of fused-ring (bicyclic) bond motifs is 4. The lowest BCUT2D eigenvalue weighted by molar-refractivity contribution is -0.0273. The molecule has 8 rings (SSSR count). The minimum absolute atomic E-state index is 0.606. The van der Waals surface area contributed by atoms with Gasteiger partial charge in [-0.25, -0.2) is 0 Å². The number of rotatable bonds is 0. The van der Waals surface area contributed by atoms with Gasteiger partial charge in [-0.05, 0) is 111 Å². The molecule has 6 atom stereocenters. The molecule has 168 valence electrons. The highest BCUT2D eigenvalue weighted by atomic mass is 14.6. The van der Waals surface area contributed by atoms with E-state index in [1.807, 2.05) is 0 Å². The van der Waals surface area contributed by atoms with Gasteiger partial charge in [0.25, 0.3) is 0 Å². The molecule has 0 spiro atoms. The van der Waals surface area contributed by atoms with E-state index in [-0.39, 0.29) is 0 Å². The second kappa shape index (κ2) is 7.38. The van der Waals surface area contributed by atoms with Crippen molar-refractivity contribution in [1.29, 1.82) is 0 Å². The van der Waals surface area contributed by atoms with Gasteiger partial charge in [0.2, 0.25) is 0 Å². The van der Waals surface area contributed by atoms with Crippen LogP contribution in [-0.4, -0.2) is 0 Å². The lowest BCUT2D eigenvalue weighted by atomic mass is 9.47. The quantitative estimate of drug-likeness (QED) is 0.351. The molecule has 0 N–H and O–H groups in total. The Morgan fingerprint density at radius 1 is 0.767 bits per heavy atom. The monoisotopic (exact) mass is 408 g/mol. The molecule has 0 amide bonds. The van der Waals surface area contributed by atoms with Crippen LogP contribution < -0.4 is 0 Å². The van der Waals surface area contributed by atoms with Crippen molar-refractivity contribution in [2.45, 2.75) is 100 Å². The Morgan fingerprint density at radius 3 is 1.77 bits per heavy atom. The van der Waals surface area contributed by atoms with Crippen molar-refractivity contribution in [1.82, 2.24) is 0 Å². The highest BCUT2D eigenvalue weighted by Gasteiger charge is 2.57. The van der Waals surface area contributed by atoms with Crippen molar-refractivity contribution in [3.8, 4) is 0 Å². The fourth-order valence-electron chi connectivity index (χ4n) is 7.88. The molecule has 0 radical (unpaired) electrons. The van der Waals surface area contributed by atoms with Crippen LogP contribution in [0, 0.1) is 51.8 Å². The molecule has 0 aromatic rings. The fraction of sp³-hybridized carbons (Fsp3) is 0.800. The standard InChI is InChI=1S/3C10H16/c2*1-7-4-5-8-6-9(7)10(8,2)3;1-7-4-5-8-9(6-7)10(8,2)3/h4,8-9H,5-6H2,1-3H3;8-9H,1,4-6H2,2-3H3;4,8-9H,5-6H2,1-3H3. The third kappa shape index (κ3) is 3.59. The van der Waals surface area contributed by atoms with Gasteiger partial charge < -0.3 is 0 Å². The summed E-state index contributed by atoms with van der Waals surface area (Å²) in [5.74, 6) is 5.86. The van der Waals surface area contributed by atoms with Crippen molar-refractivity contribution in [3.05, 3.63) is 35.5 Å². The molecule has 0 heteroatoms. The first kappa shape index (κ1) is 22.4. The summed E-state index contributed by atoms with van der Waals surface area (Å²) in [6.45, 7) is 23.1. The van der Waals surface area contributed by atoms with Gasteiger partial charge in [-0.15, -0.1) is 0 Å². The summed E-state index contributed by atoms with van der Waals surface area (Å²) in [7, 11) is 0. The lowest BCUT2D eigenvalue weighted by Crippen LogP contribution is -2.48. The van der Waals surface area contributed by atoms with Gasteiger partial charge in [0.15, 0.2) is 0 Å². The molecule has 30 heavy (non-hydrogen) atoms. The van der Waals surface area contributed by atoms with Gasteiger partial charge in [-0.3, -0.25) is 0 Å². The van der Waals surface area contributed by atoms with Crippen LogP contribution in [0.1, 0.15) is 100 Å². The molecule has 0 aliphatic heterocycles. The Balaban J connectivity index is 0.000000109. The maximum atomic E-state index is 4.13. The molecule has 5 saturated carbocycles. The summed E-state index contributed by atoms with van der Waals surface area (Å²) in [5, 5.41) is 0. The molecule has 4 bridgehead atoms. The Hall–Kier alpha value is -0.780. The van der Waals surface area contributed by atoms with Crippen molar-refractivity contribution in [3.63, 3.8) is 0 Å². The molecule has 8 aliphatic rings. The summed E-state index contributed by atoms with van der Waals surface area (Å²) in [5.41, 5.74) is 6.70. The number of hydrogen-bond acceptors (Lipinski definition) is 0. The predicted molar refractivity (Wildman–Crippen MR) is 131 cm³/mol. The average Bonchev–Trinajstić information content (AvgIpc) is 3.22. The van der Waals surface area contributed by atoms with E-state index in [9.17, 15) is 0 Å². The van der Waals surface area contributed by atoms with Gasteiger partial charge in [0.1, 0.15) is 0 Å². The topological polar surface area (TPSA) is 0 Å². The summed E-state index contributed by atoms with van der Waals surface area (Å²) >= 11 is 0. The smallest absolute Gasteiger partial charge is 0.0149 e. The van der Waals surface area contributed by atoms with Crippen molar-refractivity contribution in [2.75, 3.05) is 0 Å². The zero-order valence-electron chi connectivity index (χ0n) is 21.3. The highest BCUT2D eigenvalue weighted by molar-refractivity contribution is 5.21. The molecule has 0 aromatic heterocycles. The summed E-state index contributed by atoms with van der Waals surface area (Å²) in [4.78, 5) is 0. The van der Waals surface area contributed by atoms with Gasteiger partial charge in [0, 0.05) is 0 Å². The zero-order valence-corrected chi connectivity index (χ0v) is 21.3. The van der Waals surface area contributed by atoms with E-state index in [0.717, 1.165) is 35.5 Å². The summed E-state index contributed by atoms with van der Waals surface area (Å²) in [6, 6.07) is 0. The van der Waals surface area contributed by atoms with E-state index in [1.165, 1.54) is 50.5 Å². The summed E-state index contributed by atoms with van der Waals surface area (Å²) < 4.78 is 0. The molecule has 8 aliphatic carbocycles. The second-order valence-electron chi connectivity index (χ2n) is 13.5. The van der Waals surface area contributed by atoms with Crippen molar-refractivity contribution >= 4 is 0 Å². The van der Waals surface area contributed by atoms with E-state index in [1.54, 1.807) is 11.1 Å². The van der Waals surface area contributed by atoms with E-state index in [2.05, 4.69) is 74.1 Å². The molecular weight excluding hydrogens is 360 g/mol. The first-order valence-corrected chi connectivity index (χ1v) is 12.9. The van der Waals surface area contributed by atoms with Gasteiger partial charge in [-0.1, -0.05) is 77.0 Å². The largest absolute Gasteiger partial charge is 0.0996 e. The number of allylic oxidation sites excluding steroid dienone is 5. The van der Waals surface area contributed by atoms with Gasteiger partial charge in [0.05, 0.1) is 0 Å². The van der Waals surface area contributed by atoms with Crippen LogP contribution in [0.3, 0.4) is 0 Å². The molecule has 0 heterocycles. The zero-order chi connectivity index (χ0) is 22.1. The first-order valence-electron chi connectivity index (χ1n) is 12.9. The van der Waals surface area contributed by atoms with Crippen LogP contribution in [0.4, 0.5) is 0 Å². The molecule has 0 nitrogen and oxygen atoms in total. The number of hydrogen-bond donors (Lipinski definition) is 0. The highest BCUT2D eigenvalue weighted by Crippen LogP contribution is 2.64. The Morgan fingerprint density at radius 2 is 1.40 bits per heavy atom. The molecule has 6 unspecified atom stereocenters. The van der Waals surface area contributed by atoms with E-state index >= 15 is 0 Å². The van der Waals surface area contributed by atoms with E-state index in [0.29, 0.717) is 16.2 Å². The SMILES string of the molecule is C=C1CCC2CC1C2(C)C.CC1=CCC2C(C1)C2(C)C.CC1=CCC2CC1C2(C)C. The lowest BCUT2D eigenvalue weighted by Gasteiger charge is -2.57. The minimum Gasteiger partial charge on any atom is -0.0996 e. The van der Waals surface area contributed by atoms with Crippen LogP contribution in [0.2, 0.25) is 0 Å². The van der Waals surface area contributed by atoms with Crippen molar-refractivity contribution in [2.24, 2.45) is 51.8 Å².